The van der Waals surface area contributed by atoms with Gasteiger partial charge in [0.25, 0.3) is 0 Å². The van der Waals surface area contributed by atoms with Gasteiger partial charge in [-0.3, -0.25) is 4.90 Å². The van der Waals surface area contributed by atoms with Gasteiger partial charge in [-0.25, -0.2) is 4.99 Å². The lowest BCUT2D eigenvalue weighted by Crippen LogP contribution is -2.58. The van der Waals surface area contributed by atoms with E-state index in [9.17, 15) is 0 Å². The van der Waals surface area contributed by atoms with Crippen molar-refractivity contribution in [3.8, 4) is 0 Å². The van der Waals surface area contributed by atoms with Crippen LogP contribution in [-0.2, 0) is 24.1 Å². The van der Waals surface area contributed by atoms with Crippen LogP contribution in [0.3, 0.4) is 0 Å². The molecule has 2 saturated heterocycles. The number of aromatic nitrogens is 1. The van der Waals surface area contributed by atoms with Crippen molar-refractivity contribution in [1.82, 2.24) is 20.7 Å². The lowest BCUT2D eigenvalue weighted by atomic mass is 9.88. The van der Waals surface area contributed by atoms with Crippen LogP contribution in [0.1, 0.15) is 63.5 Å². The van der Waals surface area contributed by atoms with Crippen LogP contribution in [0.2, 0.25) is 0 Å². The Hall–Kier alpha value is -0.870. The molecular formula is C21H38IN5O2. The Labute approximate surface area is 192 Å². The third-order valence-electron chi connectivity index (χ3n) is 6.13. The molecule has 2 N–H and O–H groups in total. The highest BCUT2D eigenvalue weighted by molar-refractivity contribution is 14.0. The number of nitrogens with zero attached hydrogens (tertiary/aromatic N) is 3. The summed E-state index contributed by atoms with van der Waals surface area (Å²) in [4.78, 5) is 7.54. The zero-order valence-corrected chi connectivity index (χ0v) is 20.6. The molecule has 29 heavy (non-hydrogen) atoms. The molecule has 2 fully saturated rings. The van der Waals surface area contributed by atoms with Gasteiger partial charge in [0.1, 0.15) is 5.76 Å². The first-order valence-corrected chi connectivity index (χ1v) is 11.0. The van der Waals surface area contributed by atoms with Crippen LogP contribution in [0, 0.1) is 0 Å². The molecule has 0 unspecified atom stereocenters. The van der Waals surface area contributed by atoms with Gasteiger partial charge in [-0.05, 0) is 52.1 Å². The third kappa shape index (κ3) is 6.07. The molecule has 0 spiro atoms. The van der Waals surface area contributed by atoms with Gasteiger partial charge in [-0.2, -0.15) is 0 Å². The van der Waals surface area contributed by atoms with Crippen LogP contribution in [0.4, 0.5) is 0 Å². The molecule has 1 aromatic rings. The predicted octanol–water partition coefficient (Wildman–Crippen LogP) is 3.12. The largest absolute Gasteiger partial charge is 0.381 e. The average Bonchev–Trinajstić information content (AvgIpc) is 3.40. The van der Waals surface area contributed by atoms with Gasteiger partial charge in [0.05, 0.1) is 12.2 Å². The molecule has 0 aromatic carbocycles. The Morgan fingerprint density at radius 2 is 1.83 bits per heavy atom. The molecular weight excluding hydrogens is 481 g/mol. The van der Waals surface area contributed by atoms with Crippen molar-refractivity contribution in [3.63, 3.8) is 0 Å². The number of aryl methyl sites for hydroxylation is 2. The summed E-state index contributed by atoms with van der Waals surface area (Å²) in [5.41, 5.74) is 2.35. The summed E-state index contributed by atoms with van der Waals surface area (Å²) in [6.07, 6.45) is 6.51. The molecule has 0 amide bonds. The van der Waals surface area contributed by atoms with Crippen LogP contribution in [-0.4, -0.2) is 60.9 Å². The summed E-state index contributed by atoms with van der Waals surface area (Å²) in [6, 6.07) is 0. The third-order valence-corrected chi connectivity index (χ3v) is 6.13. The van der Waals surface area contributed by atoms with E-state index in [4.69, 9.17) is 14.3 Å². The minimum Gasteiger partial charge on any atom is -0.381 e. The lowest BCUT2D eigenvalue weighted by Gasteiger charge is -2.45. The van der Waals surface area contributed by atoms with Crippen molar-refractivity contribution in [3.05, 3.63) is 17.0 Å². The summed E-state index contributed by atoms with van der Waals surface area (Å²) in [6.45, 7) is 12.8. The molecule has 1 aromatic heterocycles. The SMILES string of the molecule is CCNC(=NCc1c(CC)noc1CC)NCC1(N2CCCC2)CCOCC1.I. The predicted molar refractivity (Wildman–Crippen MR) is 127 cm³/mol. The standard InChI is InChI=1S/C21H37N5O2.HI/c1-4-18-17(19(5-2)28-25-18)15-23-20(22-6-3)24-16-21(9-13-27-14-10-21)26-11-7-8-12-26;/h4-16H2,1-3H3,(H2,22,23,24);1H. The van der Waals surface area contributed by atoms with Crippen LogP contribution in [0.5, 0.6) is 0 Å². The van der Waals surface area contributed by atoms with Gasteiger partial charge in [-0.15, -0.1) is 24.0 Å². The van der Waals surface area contributed by atoms with Gasteiger partial charge in [0.2, 0.25) is 0 Å². The number of hydrogen-bond acceptors (Lipinski definition) is 5. The molecule has 0 radical (unpaired) electrons. The number of likely N-dealkylation sites (tertiary alicyclic amines) is 1. The van der Waals surface area contributed by atoms with E-state index in [1.165, 1.54) is 25.9 Å². The fourth-order valence-electron chi connectivity index (χ4n) is 4.41. The van der Waals surface area contributed by atoms with Gasteiger partial charge >= 0.3 is 0 Å². The fraction of sp³-hybridized carbons (Fsp3) is 0.810. The van der Waals surface area contributed by atoms with Crippen molar-refractivity contribution >= 4 is 29.9 Å². The zero-order chi connectivity index (χ0) is 19.8. The molecule has 166 valence electrons. The number of hydrogen-bond donors (Lipinski definition) is 2. The second kappa shape index (κ2) is 12.1. The van der Waals surface area contributed by atoms with Crippen molar-refractivity contribution in [2.75, 3.05) is 39.4 Å². The maximum Gasteiger partial charge on any atom is 0.191 e. The summed E-state index contributed by atoms with van der Waals surface area (Å²) in [5.74, 6) is 1.83. The van der Waals surface area contributed by atoms with Crippen LogP contribution in [0.15, 0.2) is 9.52 Å². The first kappa shape index (κ1) is 24.4. The topological polar surface area (TPSA) is 74.9 Å². The van der Waals surface area contributed by atoms with Crippen molar-refractivity contribution in [1.29, 1.82) is 0 Å². The van der Waals surface area contributed by atoms with E-state index in [0.717, 1.165) is 75.0 Å². The van der Waals surface area contributed by atoms with Crippen molar-refractivity contribution < 1.29 is 9.26 Å². The van der Waals surface area contributed by atoms with Gasteiger partial charge in [0, 0.05) is 43.8 Å². The number of aliphatic imine (C=N–C) groups is 1. The number of rotatable bonds is 8. The van der Waals surface area contributed by atoms with E-state index < -0.39 is 0 Å². The quantitative estimate of drug-likeness (QED) is 0.313. The van der Waals surface area contributed by atoms with E-state index in [1.54, 1.807) is 0 Å². The Kier molecular flexibility index (Phi) is 10.2. The molecule has 7 nitrogen and oxygen atoms in total. The van der Waals surface area contributed by atoms with E-state index >= 15 is 0 Å². The summed E-state index contributed by atoms with van der Waals surface area (Å²) in [5, 5.41) is 11.2. The first-order chi connectivity index (χ1) is 13.7. The molecule has 2 aliphatic heterocycles. The van der Waals surface area contributed by atoms with E-state index in [-0.39, 0.29) is 29.5 Å². The minimum absolute atomic E-state index is 0. The fourth-order valence-corrected chi connectivity index (χ4v) is 4.41. The smallest absolute Gasteiger partial charge is 0.191 e. The molecule has 2 aliphatic rings. The number of ether oxygens (including phenoxy) is 1. The summed E-state index contributed by atoms with van der Waals surface area (Å²) < 4.78 is 11.2. The van der Waals surface area contributed by atoms with Crippen molar-refractivity contribution in [2.24, 2.45) is 4.99 Å². The van der Waals surface area contributed by atoms with Crippen LogP contribution >= 0.6 is 24.0 Å². The molecule has 3 rings (SSSR count). The summed E-state index contributed by atoms with van der Waals surface area (Å²) >= 11 is 0. The zero-order valence-electron chi connectivity index (χ0n) is 18.3. The highest BCUT2D eigenvalue weighted by Gasteiger charge is 2.39. The number of guanidine groups is 1. The normalized spacial score (nSPS) is 19.8. The van der Waals surface area contributed by atoms with E-state index in [0.29, 0.717) is 6.54 Å². The van der Waals surface area contributed by atoms with Gasteiger partial charge in [-0.1, -0.05) is 19.0 Å². The minimum atomic E-state index is 0. The second-order valence-corrected chi connectivity index (χ2v) is 7.82. The van der Waals surface area contributed by atoms with Crippen molar-refractivity contribution in [2.45, 2.75) is 71.4 Å². The molecule has 0 bridgehead atoms. The second-order valence-electron chi connectivity index (χ2n) is 7.82. The number of halogens is 1. The Balaban J connectivity index is 0.00000300. The van der Waals surface area contributed by atoms with Crippen LogP contribution < -0.4 is 10.6 Å². The molecule has 3 heterocycles. The molecule has 0 aliphatic carbocycles. The molecule has 8 heteroatoms. The highest BCUT2D eigenvalue weighted by atomic mass is 127. The van der Waals surface area contributed by atoms with Gasteiger partial charge in [0.15, 0.2) is 5.96 Å². The van der Waals surface area contributed by atoms with E-state index in [2.05, 4.69) is 41.5 Å². The molecule has 0 saturated carbocycles. The highest BCUT2D eigenvalue weighted by Crippen LogP contribution is 2.30. The van der Waals surface area contributed by atoms with Gasteiger partial charge < -0.3 is 19.9 Å². The maximum atomic E-state index is 5.67. The summed E-state index contributed by atoms with van der Waals surface area (Å²) in [7, 11) is 0. The maximum absolute atomic E-state index is 5.67. The van der Waals surface area contributed by atoms with E-state index in [1.807, 2.05) is 0 Å². The molecule has 0 atom stereocenters. The Bertz CT molecular complexity index is 616. The Morgan fingerprint density at radius 1 is 1.10 bits per heavy atom. The van der Waals surface area contributed by atoms with Crippen LogP contribution in [0.25, 0.3) is 0 Å². The number of nitrogens with one attached hydrogen (secondary N) is 2. The first-order valence-electron chi connectivity index (χ1n) is 11.0. The average molecular weight is 519 g/mol. The lowest BCUT2D eigenvalue weighted by molar-refractivity contribution is -0.0164. The Morgan fingerprint density at radius 3 is 2.45 bits per heavy atom. The monoisotopic (exact) mass is 519 g/mol.